The first-order valence-electron chi connectivity index (χ1n) is 18.1. The maximum atomic E-state index is 14.7. The third kappa shape index (κ3) is 6.09. The van der Waals surface area contributed by atoms with Crippen LogP contribution in [0.3, 0.4) is 0 Å². The van der Waals surface area contributed by atoms with E-state index in [0.717, 1.165) is 30.3 Å². The number of fused-ring (bicyclic) bond motifs is 6. The van der Waals surface area contributed by atoms with Crippen molar-refractivity contribution in [2.45, 2.75) is 18.5 Å². The predicted molar refractivity (Wildman–Crippen MR) is 210 cm³/mol. The maximum absolute atomic E-state index is 14.7. The molecule has 0 bridgehead atoms. The molecular weight excluding hydrogens is 792 g/mol. The SMILES string of the molecule is N#Cc1ccc(-c2ccc(-n3c4ccccc4c4cc(C(F)(F)F)ccc43)c(-c3c(C#N)cccc3-n3c4ccccc4c4cc(C(F)(F)F)ccc43)c2)c(C(F)(F)F)c1. The zero-order valence-electron chi connectivity index (χ0n) is 30.5. The molecule has 9 rings (SSSR count). The Labute approximate surface area is 333 Å². The van der Waals surface area contributed by atoms with Gasteiger partial charge in [0.2, 0.25) is 0 Å². The summed E-state index contributed by atoms with van der Waals surface area (Å²) in [4.78, 5) is 0. The Hall–Kier alpha value is -7.51. The molecule has 0 N–H and O–H groups in total. The van der Waals surface area contributed by atoms with Crippen LogP contribution in [0.15, 0.2) is 140 Å². The zero-order chi connectivity index (χ0) is 42.3. The number of halogens is 9. The summed E-state index contributed by atoms with van der Waals surface area (Å²) in [6.07, 6.45) is -14.2. The predicted octanol–water partition coefficient (Wildman–Crippen LogP) is 14.0. The molecule has 4 nitrogen and oxygen atoms in total. The van der Waals surface area contributed by atoms with Gasteiger partial charge in [-0.2, -0.15) is 50.0 Å². The van der Waals surface area contributed by atoms with Crippen LogP contribution in [-0.2, 0) is 18.5 Å². The van der Waals surface area contributed by atoms with E-state index in [4.69, 9.17) is 0 Å². The van der Waals surface area contributed by atoms with Gasteiger partial charge in [0, 0.05) is 32.7 Å². The largest absolute Gasteiger partial charge is 0.417 e. The van der Waals surface area contributed by atoms with Gasteiger partial charge in [-0.3, -0.25) is 0 Å². The average molecular weight is 815 g/mol. The fourth-order valence-electron chi connectivity index (χ4n) is 8.12. The summed E-state index contributed by atoms with van der Waals surface area (Å²) in [6.45, 7) is 0. The molecule has 7 aromatic carbocycles. The second-order valence-electron chi connectivity index (χ2n) is 14.1. The molecule has 0 radical (unpaired) electrons. The van der Waals surface area contributed by atoms with Crippen molar-refractivity contribution in [3.63, 3.8) is 0 Å². The average Bonchev–Trinajstić information content (AvgIpc) is 3.74. The van der Waals surface area contributed by atoms with Crippen LogP contribution >= 0.6 is 0 Å². The molecule has 2 heterocycles. The van der Waals surface area contributed by atoms with Gasteiger partial charge in [-0.1, -0.05) is 54.6 Å². The number of nitrogens with zero attached hydrogens (tertiary/aromatic N) is 4. The summed E-state index contributed by atoms with van der Waals surface area (Å²) in [5.74, 6) is 0. The molecule has 0 unspecified atom stereocenters. The molecule has 0 saturated heterocycles. The van der Waals surface area contributed by atoms with E-state index in [1.165, 1.54) is 48.5 Å². The lowest BCUT2D eigenvalue weighted by Crippen LogP contribution is -2.08. The Morgan fingerprint density at radius 3 is 1.50 bits per heavy atom. The van der Waals surface area contributed by atoms with Crippen LogP contribution in [0, 0.1) is 22.7 Å². The van der Waals surface area contributed by atoms with Gasteiger partial charge in [0.15, 0.2) is 0 Å². The Morgan fingerprint density at radius 1 is 0.417 bits per heavy atom. The summed E-state index contributed by atoms with van der Waals surface area (Å²) in [5, 5.41) is 21.6. The lowest BCUT2D eigenvalue weighted by Gasteiger charge is -2.21. The molecule has 9 aromatic rings. The van der Waals surface area contributed by atoms with Gasteiger partial charge in [0.25, 0.3) is 0 Å². The van der Waals surface area contributed by atoms with Crippen LogP contribution in [0.25, 0.3) is 77.2 Å². The third-order valence-corrected chi connectivity index (χ3v) is 10.7. The highest BCUT2D eigenvalue weighted by Gasteiger charge is 2.36. The van der Waals surface area contributed by atoms with Gasteiger partial charge < -0.3 is 9.13 Å². The van der Waals surface area contributed by atoms with E-state index in [9.17, 15) is 50.0 Å². The second-order valence-corrected chi connectivity index (χ2v) is 14.1. The van der Waals surface area contributed by atoms with Crippen molar-refractivity contribution in [3.8, 4) is 45.8 Å². The molecule has 0 fully saturated rings. The minimum atomic E-state index is -4.90. The smallest absolute Gasteiger partial charge is 0.309 e. The van der Waals surface area contributed by atoms with Crippen molar-refractivity contribution in [3.05, 3.63) is 167 Å². The van der Waals surface area contributed by atoms with Crippen LogP contribution in [0.4, 0.5) is 39.5 Å². The van der Waals surface area contributed by atoms with E-state index in [1.54, 1.807) is 75.9 Å². The first-order valence-corrected chi connectivity index (χ1v) is 18.1. The van der Waals surface area contributed by atoms with Crippen LogP contribution in [0.1, 0.15) is 27.8 Å². The molecule has 0 aliphatic carbocycles. The number of hydrogen-bond acceptors (Lipinski definition) is 2. The minimum Gasteiger partial charge on any atom is -0.309 e. The number of alkyl halides is 9. The minimum absolute atomic E-state index is 0.0291. The summed E-state index contributed by atoms with van der Waals surface area (Å²) < 4.78 is 132. The van der Waals surface area contributed by atoms with E-state index in [-0.39, 0.29) is 55.5 Å². The fraction of sp³-hybridized carbons (Fsp3) is 0.0638. The topological polar surface area (TPSA) is 57.4 Å². The van der Waals surface area contributed by atoms with Crippen molar-refractivity contribution in [1.29, 1.82) is 10.5 Å². The van der Waals surface area contributed by atoms with Gasteiger partial charge in [-0.15, -0.1) is 0 Å². The van der Waals surface area contributed by atoms with Crippen molar-refractivity contribution in [2.24, 2.45) is 0 Å². The second kappa shape index (κ2) is 13.5. The quantitative estimate of drug-likeness (QED) is 0.166. The molecule has 2 aromatic heterocycles. The Kier molecular flexibility index (Phi) is 8.58. The summed E-state index contributed by atoms with van der Waals surface area (Å²) in [7, 11) is 0. The third-order valence-electron chi connectivity index (χ3n) is 10.7. The fourth-order valence-corrected chi connectivity index (χ4v) is 8.12. The van der Waals surface area contributed by atoms with Crippen LogP contribution in [0.5, 0.6) is 0 Å². The van der Waals surface area contributed by atoms with Crippen molar-refractivity contribution in [2.75, 3.05) is 0 Å². The highest BCUT2D eigenvalue weighted by atomic mass is 19.4. The molecule has 0 spiro atoms. The number of rotatable bonds is 4. The van der Waals surface area contributed by atoms with E-state index >= 15 is 0 Å². The molecule has 0 atom stereocenters. The number of hydrogen-bond donors (Lipinski definition) is 0. The van der Waals surface area contributed by atoms with Gasteiger partial charge in [0.1, 0.15) is 0 Å². The van der Waals surface area contributed by atoms with Gasteiger partial charge in [-0.05, 0) is 96.1 Å². The highest BCUT2D eigenvalue weighted by Crippen LogP contribution is 2.46. The number of benzene rings is 7. The summed E-state index contributed by atoms with van der Waals surface area (Å²) in [5.41, 5.74) is -0.861. The Balaban J connectivity index is 1.43. The molecule has 0 saturated carbocycles. The summed E-state index contributed by atoms with van der Waals surface area (Å²) >= 11 is 0. The standard InChI is InChI=1S/C47H23F9N4/c48-45(49,50)29-14-18-40-34(22-29)32-7-1-3-9-38(32)59(40)42-17-13-27(31-16-12-26(24-57)20-37(31)47(54,55)56)21-36(42)44-28(25-58)6-5-11-43(44)60-39-10-4-2-8-33(39)35-23-30(46(51,52)53)15-19-41(35)60/h1-23H. The monoisotopic (exact) mass is 814 g/mol. The van der Waals surface area contributed by atoms with Crippen LogP contribution in [0.2, 0.25) is 0 Å². The van der Waals surface area contributed by atoms with Crippen LogP contribution in [-0.4, -0.2) is 9.13 Å². The van der Waals surface area contributed by atoms with E-state index in [0.29, 0.717) is 32.8 Å². The lowest BCUT2D eigenvalue weighted by atomic mass is 9.90. The van der Waals surface area contributed by atoms with Crippen molar-refractivity contribution < 1.29 is 39.5 Å². The maximum Gasteiger partial charge on any atom is 0.417 e. The number of nitriles is 2. The van der Waals surface area contributed by atoms with E-state index in [1.807, 2.05) is 0 Å². The highest BCUT2D eigenvalue weighted by molar-refractivity contribution is 6.12. The molecule has 294 valence electrons. The molecule has 0 amide bonds. The van der Waals surface area contributed by atoms with E-state index in [2.05, 4.69) is 6.07 Å². The molecule has 0 aliphatic rings. The first-order chi connectivity index (χ1) is 28.6. The molecular formula is C47H23F9N4. The van der Waals surface area contributed by atoms with Gasteiger partial charge >= 0.3 is 18.5 Å². The summed E-state index contributed by atoms with van der Waals surface area (Å²) in [6, 6.07) is 36.1. The Bertz CT molecular complexity index is 3310. The zero-order valence-corrected chi connectivity index (χ0v) is 30.5. The van der Waals surface area contributed by atoms with E-state index < -0.39 is 35.2 Å². The molecule has 13 heteroatoms. The van der Waals surface area contributed by atoms with Gasteiger partial charge in [-0.25, -0.2) is 0 Å². The Morgan fingerprint density at radius 2 is 0.967 bits per heavy atom. The van der Waals surface area contributed by atoms with Crippen LogP contribution < -0.4 is 0 Å². The number of aromatic nitrogens is 2. The van der Waals surface area contributed by atoms with Gasteiger partial charge in [0.05, 0.1) is 73.4 Å². The molecule has 0 aliphatic heterocycles. The number of para-hydroxylation sites is 2. The molecule has 60 heavy (non-hydrogen) atoms. The lowest BCUT2D eigenvalue weighted by molar-refractivity contribution is -0.138. The van der Waals surface area contributed by atoms with Crippen molar-refractivity contribution in [1.82, 2.24) is 9.13 Å². The normalized spacial score (nSPS) is 12.4. The first kappa shape index (κ1) is 38.0. The van der Waals surface area contributed by atoms with Crippen molar-refractivity contribution >= 4 is 43.6 Å².